The van der Waals surface area contributed by atoms with E-state index in [-0.39, 0.29) is 17.8 Å². The summed E-state index contributed by atoms with van der Waals surface area (Å²) < 4.78 is 13.5. The Morgan fingerprint density at radius 3 is 2.75 bits per heavy atom. The summed E-state index contributed by atoms with van der Waals surface area (Å²) in [7, 11) is 1.58. The molecule has 16 heavy (non-hydrogen) atoms. The smallest absolute Gasteiger partial charge is 0.221 e. The average Bonchev–Trinajstić information content (AvgIpc) is 2.22. The lowest BCUT2D eigenvalue weighted by molar-refractivity contribution is -0.120. The van der Waals surface area contributed by atoms with Gasteiger partial charge in [-0.05, 0) is 31.5 Å². The molecular weight excluding hydrogens is 207 g/mol. The Kier molecular flexibility index (Phi) is 4.28. The van der Waals surface area contributed by atoms with Gasteiger partial charge in [0.15, 0.2) is 0 Å². The Hall–Kier alpha value is -1.58. The summed E-state index contributed by atoms with van der Waals surface area (Å²) in [5.74, 6) is -0.351. The standard InChI is InChI=1S/C12H17FN2O/c1-8-4-5-11(10(13)6-8)15-9(2)7-12(16)14-3/h4-6,9,15H,7H2,1-3H3,(H,14,16). The maximum atomic E-state index is 13.5. The highest BCUT2D eigenvalue weighted by Crippen LogP contribution is 2.16. The van der Waals surface area contributed by atoms with Crippen molar-refractivity contribution in [2.24, 2.45) is 0 Å². The van der Waals surface area contributed by atoms with Gasteiger partial charge in [-0.3, -0.25) is 4.79 Å². The number of hydrogen-bond donors (Lipinski definition) is 2. The van der Waals surface area contributed by atoms with Gasteiger partial charge < -0.3 is 10.6 Å². The minimum atomic E-state index is -0.288. The molecule has 0 saturated heterocycles. The fourth-order valence-corrected chi connectivity index (χ4v) is 1.43. The highest BCUT2D eigenvalue weighted by atomic mass is 19.1. The van der Waals surface area contributed by atoms with Gasteiger partial charge in [-0.1, -0.05) is 6.07 Å². The lowest BCUT2D eigenvalue weighted by atomic mass is 10.1. The van der Waals surface area contributed by atoms with Crippen molar-refractivity contribution < 1.29 is 9.18 Å². The first-order chi connectivity index (χ1) is 7.52. The third-order valence-electron chi connectivity index (χ3n) is 2.30. The molecule has 0 aromatic heterocycles. The van der Waals surface area contributed by atoms with Crippen LogP contribution in [-0.4, -0.2) is 19.0 Å². The molecular formula is C12H17FN2O. The Balaban J connectivity index is 2.62. The molecule has 0 fully saturated rings. The zero-order valence-electron chi connectivity index (χ0n) is 9.80. The number of hydrogen-bond acceptors (Lipinski definition) is 2. The van der Waals surface area contributed by atoms with Crippen molar-refractivity contribution in [2.45, 2.75) is 26.3 Å². The van der Waals surface area contributed by atoms with Gasteiger partial charge in [0.2, 0.25) is 5.91 Å². The molecule has 0 radical (unpaired) electrons. The second-order valence-corrected chi connectivity index (χ2v) is 3.91. The molecule has 4 heteroatoms. The minimum Gasteiger partial charge on any atom is -0.380 e. The predicted molar refractivity (Wildman–Crippen MR) is 62.9 cm³/mol. The van der Waals surface area contributed by atoms with Gasteiger partial charge in [0.05, 0.1) is 5.69 Å². The third kappa shape index (κ3) is 3.53. The van der Waals surface area contributed by atoms with Crippen LogP contribution in [0.25, 0.3) is 0 Å². The highest BCUT2D eigenvalue weighted by Gasteiger charge is 2.09. The molecule has 0 heterocycles. The molecule has 0 aliphatic rings. The largest absolute Gasteiger partial charge is 0.380 e. The van der Waals surface area contributed by atoms with Gasteiger partial charge in [0.25, 0.3) is 0 Å². The number of carbonyl (C=O) groups is 1. The van der Waals surface area contributed by atoms with E-state index in [4.69, 9.17) is 0 Å². The topological polar surface area (TPSA) is 41.1 Å². The van der Waals surface area contributed by atoms with E-state index in [1.807, 2.05) is 19.9 Å². The fraction of sp³-hybridized carbons (Fsp3) is 0.417. The molecule has 1 aromatic rings. The van der Waals surface area contributed by atoms with Crippen molar-refractivity contribution >= 4 is 11.6 Å². The molecule has 1 rings (SSSR count). The zero-order valence-corrected chi connectivity index (χ0v) is 9.80. The Labute approximate surface area is 95.0 Å². The average molecular weight is 224 g/mol. The summed E-state index contributed by atoms with van der Waals surface area (Å²) in [6, 6.07) is 4.88. The van der Waals surface area contributed by atoms with Gasteiger partial charge in [-0.25, -0.2) is 4.39 Å². The molecule has 0 spiro atoms. The number of halogens is 1. The normalized spacial score (nSPS) is 12.0. The molecule has 1 unspecified atom stereocenters. The van der Waals surface area contributed by atoms with Crippen LogP contribution >= 0.6 is 0 Å². The maximum absolute atomic E-state index is 13.5. The lowest BCUT2D eigenvalue weighted by Gasteiger charge is -2.15. The van der Waals surface area contributed by atoms with Crippen molar-refractivity contribution in [1.82, 2.24) is 5.32 Å². The number of nitrogens with one attached hydrogen (secondary N) is 2. The SMILES string of the molecule is CNC(=O)CC(C)Nc1ccc(C)cc1F. The molecule has 2 N–H and O–H groups in total. The molecule has 1 amide bonds. The quantitative estimate of drug-likeness (QED) is 0.822. The first-order valence-electron chi connectivity index (χ1n) is 5.26. The van der Waals surface area contributed by atoms with E-state index >= 15 is 0 Å². The molecule has 0 aliphatic carbocycles. The Morgan fingerprint density at radius 1 is 1.50 bits per heavy atom. The van der Waals surface area contributed by atoms with Crippen LogP contribution in [0, 0.1) is 12.7 Å². The van der Waals surface area contributed by atoms with Crippen molar-refractivity contribution in [3.8, 4) is 0 Å². The summed E-state index contributed by atoms with van der Waals surface area (Å²) in [4.78, 5) is 11.1. The monoisotopic (exact) mass is 224 g/mol. The van der Waals surface area contributed by atoms with E-state index in [0.717, 1.165) is 5.56 Å². The van der Waals surface area contributed by atoms with E-state index in [1.165, 1.54) is 6.07 Å². The first kappa shape index (κ1) is 12.5. The summed E-state index contributed by atoms with van der Waals surface area (Å²) in [5.41, 5.74) is 1.31. The molecule has 0 saturated carbocycles. The number of benzene rings is 1. The van der Waals surface area contributed by atoms with Crippen LogP contribution in [0.5, 0.6) is 0 Å². The van der Waals surface area contributed by atoms with Gasteiger partial charge in [-0.2, -0.15) is 0 Å². The molecule has 3 nitrogen and oxygen atoms in total. The summed E-state index contributed by atoms with van der Waals surface area (Å²) in [5, 5.41) is 5.50. The summed E-state index contributed by atoms with van der Waals surface area (Å²) >= 11 is 0. The van der Waals surface area contributed by atoms with E-state index in [2.05, 4.69) is 10.6 Å². The number of aryl methyl sites for hydroxylation is 1. The molecule has 1 atom stereocenters. The zero-order chi connectivity index (χ0) is 12.1. The van der Waals surface area contributed by atoms with Crippen molar-refractivity contribution in [3.63, 3.8) is 0 Å². The predicted octanol–water partition coefficient (Wildman–Crippen LogP) is 2.07. The van der Waals surface area contributed by atoms with Crippen molar-refractivity contribution in [3.05, 3.63) is 29.6 Å². The summed E-state index contributed by atoms with van der Waals surface area (Å²) in [6.45, 7) is 3.68. The number of amides is 1. The van der Waals surface area contributed by atoms with E-state index in [9.17, 15) is 9.18 Å². The Bertz CT molecular complexity index is 379. The van der Waals surface area contributed by atoms with Crippen LogP contribution in [-0.2, 0) is 4.79 Å². The van der Waals surface area contributed by atoms with Crippen LogP contribution in [0.4, 0.5) is 10.1 Å². The van der Waals surface area contributed by atoms with Gasteiger partial charge in [-0.15, -0.1) is 0 Å². The number of rotatable bonds is 4. The van der Waals surface area contributed by atoms with E-state index in [0.29, 0.717) is 12.1 Å². The van der Waals surface area contributed by atoms with Crippen molar-refractivity contribution in [1.29, 1.82) is 0 Å². The molecule has 0 aliphatic heterocycles. The highest BCUT2D eigenvalue weighted by molar-refractivity contribution is 5.76. The third-order valence-corrected chi connectivity index (χ3v) is 2.30. The fourth-order valence-electron chi connectivity index (χ4n) is 1.43. The second kappa shape index (κ2) is 5.49. The number of anilines is 1. The Morgan fingerprint density at radius 2 is 2.19 bits per heavy atom. The van der Waals surface area contributed by atoms with Crippen LogP contribution in [0.15, 0.2) is 18.2 Å². The van der Waals surface area contributed by atoms with Crippen LogP contribution in [0.1, 0.15) is 18.9 Å². The van der Waals surface area contributed by atoms with Gasteiger partial charge in [0, 0.05) is 19.5 Å². The summed E-state index contributed by atoms with van der Waals surface area (Å²) in [6.07, 6.45) is 0.323. The second-order valence-electron chi connectivity index (χ2n) is 3.91. The van der Waals surface area contributed by atoms with Crippen LogP contribution in [0.3, 0.4) is 0 Å². The first-order valence-corrected chi connectivity index (χ1v) is 5.26. The van der Waals surface area contributed by atoms with Gasteiger partial charge in [0.1, 0.15) is 5.82 Å². The molecule has 0 bridgehead atoms. The maximum Gasteiger partial charge on any atom is 0.221 e. The minimum absolute atomic E-state index is 0.0625. The lowest BCUT2D eigenvalue weighted by Crippen LogP contribution is -2.27. The molecule has 1 aromatic carbocycles. The van der Waals surface area contributed by atoms with Crippen molar-refractivity contribution in [2.75, 3.05) is 12.4 Å². The van der Waals surface area contributed by atoms with Crippen LogP contribution in [0.2, 0.25) is 0 Å². The van der Waals surface area contributed by atoms with Gasteiger partial charge >= 0.3 is 0 Å². The van der Waals surface area contributed by atoms with E-state index < -0.39 is 0 Å². The number of carbonyl (C=O) groups excluding carboxylic acids is 1. The van der Waals surface area contributed by atoms with E-state index in [1.54, 1.807) is 13.1 Å². The van der Waals surface area contributed by atoms with Crippen LogP contribution < -0.4 is 10.6 Å². The molecule has 88 valence electrons.